The lowest BCUT2D eigenvalue weighted by molar-refractivity contribution is 0.689. The molecule has 5 heteroatoms. The molecule has 3 nitrogen and oxygen atoms in total. The zero-order valence-electron chi connectivity index (χ0n) is 11.1. The molecule has 0 radical (unpaired) electrons. The number of anilines is 1. The monoisotopic (exact) mass is 361 g/mol. The van der Waals surface area contributed by atoms with Crippen LogP contribution in [0.25, 0.3) is 11.3 Å². The lowest BCUT2D eigenvalue weighted by atomic mass is 10.1. The van der Waals surface area contributed by atoms with Gasteiger partial charge >= 0.3 is 0 Å². The number of nitrogens with zero attached hydrogens (tertiary/aromatic N) is 2. The number of benzene rings is 2. The Hall–Kier alpha value is -1.78. The Labute approximate surface area is 136 Å². The van der Waals surface area contributed by atoms with Crippen LogP contribution in [-0.2, 0) is 6.54 Å². The average Bonchev–Trinajstić information content (AvgIpc) is 2.79. The van der Waals surface area contributed by atoms with Crippen molar-refractivity contribution in [1.82, 2.24) is 9.78 Å². The summed E-state index contributed by atoms with van der Waals surface area (Å²) < 4.78 is 2.89. The standard InChI is InChI=1S/C16H13BrClN3/c17-13-5-1-3-11(7-13)9-21-10-15(19)16(20-21)12-4-2-6-14(18)8-12/h1-8,10H,9,19H2. The first kappa shape index (κ1) is 14.2. The Bertz CT molecular complexity index is 783. The van der Waals surface area contributed by atoms with Crippen LogP contribution in [0.5, 0.6) is 0 Å². The van der Waals surface area contributed by atoms with Gasteiger partial charge in [0.2, 0.25) is 0 Å². The highest BCUT2D eigenvalue weighted by Crippen LogP contribution is 2.26. The van der Waals surface area contributed by atoms with E-state index < -0.39 is 0 Å². The van der Waals surface area contributed by atoms with Gasteiger partial charge in [0.25, 0.3) is 0 Å². The van der Waals surface area contributed by atoms with E-state index in [0.717, 1.165) is 21.3 Å². The molecule has 0 saturated carbocycles. The minimum atomic E-state index is 0.646. The lowest BCUT2D eigenvalue weighted by Gasteiger charge is -2.02. The fourth-order valence-electron chi connectivity index (χ4n) is 2.20. The van der Waals surface area contributed by atoms with Gasteiger partial charge in [-0.05, 0) is 29.8 Å². The molecule has 0 atom stereocenters. The summed E-state index contributed by atoms with van der Waals surface area (Å²) in [6, 6.07) is 15.7. The van der Waals surface area contributed by atoms with Gasteiger partial charge in [0.1, 0.15) is 5.69 Å². The van der Waals surface area contributed by atoms with E-state index in [1.807, 2.05) is 47.3 Å². The largest absolute Gasteiger partial charge is 0.396 e. The maximum absolute atomic E-state index is 6.07. The minimum absolute atomic E-state index is 0.646. The molecule has 2 aromatic carbocycles. The summed E-state index contributed by atoms with van der Waals surface area (Å²) in [4.78, 5) is 0. The van der Waals surface area contributed by atoms with Crippen molar-refractivity contribution < 1.29 is 0 Å². The van der Waals surface area contributed by atoms with E-state index in [2.05, 4.69) is 33.2 Å². The molecule has 0 spiro atoms. The van der Waals surface area contributed by atoms with Crippen LogP contribution in [0, 0.1) is 0 Å². The molecule has 2 N–H and O–H groups in total. The molecule has 3 rings (SSSR count). The number of rotatable bonds is 3. The van der Waals surface area contributed by atoms with Crippen LogP contribution < -0.4 is 5.73 Å². The zero-order chi connectivity index (χ0) is 14.8. The molecule has 1 heterocycles. The van der Waals surface area contributed by atoms with Gasteiger partial charge in [0.15, 0.2) is 0 Å². The van der Waals surface area contributed by atoms with Crippen molar-refractivity contribution in [3.63, 3.8) is 0 Å². The molecule has 1 aromatic heterocycles. The molecule has 0 aliphatic rings. The maximum atomic E-state index is 6.07. The molecule has 0 aliphatic carbocycles. The van der Waals surface area contributed by atoms with Crippen LogP contribution in [0.3, 0.4) is 0 Å². The summed E-state index contributed by atoms with van der Waals surface area (Å²) >= 11 is 9.49. The van der Waals surface area contributed by atoms with Gasteiger partial charge in [0, 0.05) is 21.3 Å². The summed E-state index contributed by atoms with van der Waals surface area (Å²) in [6.45, 7) is 0.671. The van der Waals surface area contributed by atoms with Crippen molar-refractivity contribution >= 4 is 33.2 Å². The first-order chi connectivity index (χ1) is 10.1. The molecular formula is C16H13BrClN3. The highest BCUT2D eigenvalue weighted by Gasteiger charge is 2.09. The fraction of sp³-hybridized carbons (Fsp3) is 0.0625. The van der Waals surface area contributed by atoms with Crippen molar-refractivity contribution in [3.8, 4) is 11.3 Å². The smallest absolute Gasteiger partial charge is 0.115 e. The van der Waals surface area contributed by atoms with Crippen molar-refractivity contribution in [3.05, 3.63) is 69.8 Å². The summed E-state index contributed by atoms with van der Waals surface area (Å²) in [6.07, 6.45) is 1.84. The second kappa shape index (κ2) is 5.92. The third-order valence-electron chi connectivity index (χ3n) is 3.12. The van der Waals surface area contributed by atoms with Gasteiger partial charge in [-0.25, -0.2) is 0 Å². The number of aromatic nitrogens is 2. The minimum Gasteiger partial charge on any atom is -0.396 e. The lowest BCUT2D eigenvalue weighted by Crippen LogP contribution is -2.00. The molecule has 0 unspecified atom stereocenters. The topological polar surface area (TPSA) is 43.8 Å². The van der Waals surface area contributed by atoms with E-state index in [0.29, 0.717) is 17.3 Å². The van der Waals surface area contributed by atoms with E-state index in [-0.39, 0.29) is 0 Å². The number of nitrogen functional groups attached to an aromatic ring is 1. The number of nitrogens with two attached hydrogens (primary N) is 1. The first-order valence-corrected chi connectivity index (χ1v) is 7.62. The molecule has 0 aliphatic heterocycles. The van der Waals surface area contributed by atoms with E-state index in [9.17, 15) is 0 Å². The number of halogens is 2. The van der Waals surface area contributed by atoms with Gasteiger partial charge in [-0.1, -0.05) is 51.8 Å². The summed E-state index contributed by atoms with van der Waals surface area (Å²) in [5, 5.41) is 5.24. The quantitative estimate of drug-likeness (QED) is 0.740. The Balaban J connectivity index is 1.91. The molecule has 0 amide bonds. The van der Waals surface area contributed by atoms with Crippen LogP contribution in [0.2, 0.25) is 5.02 Å². The molecule has 3 aromatic rings. The van der Waals surface area contributed by atoms with Crippen molar-refractivity contribution in [2.75, 3.05) is 5.73 Å². The predicted octanol–water partition coefficient (Wildman–Crippen LogP) is 4.60. The number of hydrogen-bond donors (Lipinski definition) is 1. The molecule has 0 bridgehead atoms. The molecule has 21 heavy (non-hydrogen) atoms. The predicted molar refractivity (Wildman–Crippen MR) is 90.3 cm³/mol. The Morgan fingerprint density at radius 3 is 2.71 bits per heavy atom. The second-order valence-corrected chi connectivity index (χ2v) is 6.12. The molecule has 0 fully saturated rings. The summed E-state index contributed by atoms with van der Waals surface area (Å²) in [7, 11) is 0. The second-order valence-electron chi connectivity index (χ2n) is 4.77. The van der Waals surface area contributed by atoms with E-state index in [1.54, 1.807) is 0 Å². The van der Waals surface area contributed by atoms with Crippen LogP contribution in [0.1, 0.15) is 5.56 Å². The molecular weight excluding hydrogens is 350 g/mol. The van der Waals surface area contributed by atoms with Crippen LogP contribution >= 0.6 is 27.5 Å². The first-order valence-electron chi connectivity index (χ1n) is 6.45. The average molecular weight is 363 g/mol. The Morgan fingerprint density at radius 1 is 1.14 bits per heavy atom. The summed E-state index contributed by atoms with van der Waals surface area (Å²) in [5.41, 5.74) is 9.55. The van der Waals surface area contributed by atoms with Crippen molar-refractivity contribution in [2.24, 2.45) is 0 Å². The van der Waals surface area contributed by atoms with Crippen molar-refractivity contribution in [1.29, 1.82) is 0 Å². The van der Waals surface area contributed by atoms with E-state index in [1.165, 1.54) is 0 Å². The number of hydrogen-bond acceptors (Lipinski definition) is 2. The van der Waals surface area contributed by atoms with Crippen LogP contribution in [0.15, 0.2) is 59.2 Å². The van der Waals surface area contributed by atoms with E-state index >= 15 is 0 Å². The summed E-state index contributed by atoms with van der Waals surface area (Å²) in [5.74, 6) is 0. The SMILES string of the molecule is Nc1cn(Cc2cccc(Br)c2)nc1-c1cccc(Cl)c1. The van der Waals surface area contributed by atoms with Gasteiger partial charge in [-0.2, -0.15) is 5.10 Å². The highest BCUT2D eigenvalue weighted by molar-refractivity contribution is 9.10. The maximum Gasteiger partial charge on any atom is 0.115 e. The van der Waals surface area contributed by atoms with Crippen LogP contribution in [0.4, 0.5) is 5.69 Å². The zero-order valence-corrected chi connectivity index (χ0v) is 13.5. The Morgan fingerprint density at radius 2 is 1.95 bits per heavy atom. The third-order valence-corrected chi connectivity index (χ3v) is 3.85. The third kappa shape index (κ3) is 3.28. The van der Waals surface area contributed by atoms with E-state index in [4.69, 9.17) is 17.3 Å². The molecule has 106 valence electrons. The Kier molecular flexibility index (Phi) is 3.99. The molecule has 0 saturated heterocycles. The van der Waals surface area contributed by atoms with Crippen LogP contribution in [-0.4, -0.2) is 9.78 Å². The normalized spacial score (nSPS) is 10.8. The van der Waals surface area contributed by atoms with Gasteiger partial charge in [0.05, 0.1) is 12.2 Å². The van der Waals surface area contributed by atoms with Gasteiger partial charge in [-0.15, -0.1) is 0 Å². The highest BCUT2D eigenvalue weighted by atomic mass is 79.9. The van der Waals surface area contributed by atoms with Gasteiger partial charge in [-0.3, -0.25) is 4.68 Å². The fourth-order valence-corrected chi connectivity index (χ4v) is 2.84. The van der Waals surface area contributed by atoms with Crippen molar-refractivity contribution in [2.45, 2.75) is 6.54 Å². The van der Waals surface area contributed by atoms with Gasteiger partial charge < -0.3 is 5.73 Å².